The molecule has 0 aromatic carbocycles. The van der Waals surface area contributed by atoms with Gasteiger partial charge < -0.3 is 0 Å². The van der Waals surface area contributed by atoms with Gasteiger partial charge in [0.15, 0.2) is 0 Å². The smallest absolute Gasteiger partial charge is 0.0224 e. The second-order valence-corrected chi connectivity index (χ2v) is 6.29. The molecule has 2 aliphatic rings. The summed E-state index contributed by atoms with van der Waals surface area (Å²) in [5.74, 6) is 0. The predicted molar refractivity (Wildman–Crippen MR) is 73.7 cm³/mol. The van der Waals surface area contributed by atoms with E-state index in [1.165, 1.54) is 51.0 Å². The third kappa shape index (κ3) is 2.56. The Kier molecular flexibility index (Phi) is 3.50. The van der Waals surface area contributed by atoms with Crippen molar-refractivity contribution in [1.82, 2.24) is 9.80 Å². The van der Waals surface area contributed by atoms with Crippen molar-refractivity contribution in [3.8, 4) is 0 Å². The lowest BCUT2D eigenvalue weighted by molar-refractivity contribution is 0.0772. The van der Waals surface area contributed by atoms with E-state index in [0.717, 1.165) is 6.04 Å². The van der Waals surface area contributed by atoms with Crippen molar-refractivity contribution in [3.05, 3.63) is 22.4 Å². The van der Waals surface area contributed by atoms with Crippen LogP contribution in [0.3, 0.4) is 0 Å². The second-order valence-electron chi connectivity index (χ2n) is 5.51. The maximum atomic E-state index is 2.70. The molecule has 0 radical (unpaired) electrons. The summed E-state index contributed by atoms with van der Waals surface area (Å²) in [5, 5.41) is 4.49. The molecule has 3 heteroatoms. The highest BCUT2D eigenvalue weighted by molar-refractivity contribution is 7.07. The first-order valence-corrected chi connectivity index (χ1v) is 7.76. The standard InChI is InChI=1S/C14H22N2S/c1-12(9-13-4-8-17-11-13)16-7-6-15-5-2-3-14(15)10-16/h4,8,11-12,14H,2-3,5-7,9-10H2,1H3. The summed E-state index contributed by atoms with van der Waals surface area (Å²) >= 11 is 1.82. The van der Waals surface area contributed by atoms with Crippen LogP contribution in [-0.4, -0.2) is 48.1 Å². The maximum Gasteiger partial charge on any atom is 0.0224 e. The number of thiophene rings is 1. The van der Waals surface area contributed by atoms with Crippen LogP contribution in [0.1, 0.15) is 25.3 Å². The third-order valence-corrected chi connectivity index (χ3v) is 5.09. The molecule has 0 spiro atoms. The third-order valence-electron chi connectivity index (χ3n) is 4.35. The molecule has 3 heterocycles. The van der Waals surface area contributed by atoms with Crippen LogP contribution >= 0.6 is 11.3 Å². The zero-order chi connectivity index (χ0) is 11.7. The Bertz CT molecular complexity index is 349. The minimum absolute atomic E-state index is 0.701. The molecule has 17 heavy (non-hydrogen) atoms. The number of hydrogen-bond acceptors (Lipinski definition) is 3. The quantitative estimate of drug-likeness (QED) is 0.813. The average molecular weight is 250 g/mol. The van der Waals surface area contributed by atoms with Gasteiger partial charge in [0.25, 0.3) is 0 Å². The summed E-state index contributed by atoms with van der Waals surface area (Å²) in [6, 6.07) is 3.83. The molecule has 0 N–H and O–H groups in total. The van der Waals surface area contributed by atoms with Gasteiger partial charge in [-0.1, -0.05) is 0 Å². The van der Waals surface area contributed by atoms with Crippen LogP contribution in [0.4, 0.5) is 0 Å². The summed E-state index contributed by atoms with van der Waals surface area (Å²) in [6.45, 7) is 7.59. The van der Waals surface area contributed by atoms with E-state index in [0.29, 0.717) is 6.04 Å². The van der Waals surface area contributed by atoms with Gasteiger partial charge in [0, 0.05) is 31.7 Å². The molecule has 0 aliphatic carbocycles. The number of fused-ring (bicyclic) bond motifs is 1. The summed E-state index contributed by atoms with van der Waals surface area (Å²) in [4.78, 5) is 5.39. The summed E-state index contributed by atoms with van der Waals surface area (Å²) in [5.41, 5.74) is 1.51. The molecule has 2 atom stereocenters. The molecule has 0 saturated carbocycles. The predicted octanol–water partition coefficient (Wildman–Crippen LogP) is 2.46. The molecule has 2 unspecified atom stereocenters. The molecule has 2 fully saturated rings. The molecule has 1 aromatic heterocycles. The molecule has 3 rings (SSSR count). The van der Waals surface area contributed by atoms with Gasteiger partial charge in [0.05, 0.1) is 0 Å². The van der Waals surface area contributed by atoms with E-state index in [4.69, 9.17) is 0 Å². The highest BCUT2D eigenvalue weighted by atomic mass is 32.1. The van der Waals surface area contributed by atoms with E-state index >= 15 is 0 Å². The van der Waals surface area contributed by atoms with Crippen molar-refractivity contribution in [2.24, 2.45) is 0 Å². The Hall–Kier alpha value is -0.380. The summed E-state index contributed by atoms with van der Waals surface area (Å²) < 4.78 is 0. The zero-order valence-electron chi connectivity index (χ0n) is 10.6. The van der Waals surface area contributed by atoms with Crippen molar-refractivity contribution in [1.29, 1.82) is 0 Å². The van der Waals surface area contributed by atoms with Crippen molar-refractivity contribution < 1.29 is 0 Å². The van der Waals surface area contributed by atoms with Gasteiger partial charge in [-0.2, -0.15) is 11.3 Å². The number of rotatable bonds is 3. The highest BCUT2D eigenvalue weighted by Crippen LogP contribution is 2.23. The van der Waals surface area contributed by atoms with Crippen LogP contribution in [0.5, 0.6) is 0 Å². The van der Waals surface area contributed by atoms with Crippen LogP contribution < -0.4 is 0 Å². The first kappa shape index (κ1) is 11.7. The largest absolute Gasteiger partial charge is 0.298 e. The van der Waals surface area contributed by atoms with Crippen molar-refractivity contribution >= 4 is 11.3 Å². The second kappa shape index (κ2) is 5.09. The zero-order valence-corrected chi connectivity index (χ0v) is 11.5. The normalized spacial score (nSPS) is 28.2. The molecular formula is C14H22N2S. The number of hydrogen-bond donors (Lipinski definition) is 0. The monoisotopic (exact) mass is 250 g/mol. The van der Waals surface area contributed by atoms with E-state index < -0.39 is 0 Å². The van der Waals surface area contributed by atoms with Gasteiger partial charge in [-0.05, 0) is 55.1 Å². The Balaban J connectivity index is 1.57. The maximum absolute atomic E-state index is 2.70. The fraction of sp³-hybridized carbons (Fsp3) is 0.714. The molecule has 2 nitrogen and oxygen atoms in total. The van der Waals surface area contributed by atoms with Gasteiger partial charge in [-0.15, -0.1) is 0 Å². The SMILES string of the molecule is CC(Cc1ccsc1)N1CCN2CCCC2C1. The van der Waals surface area contributed by atoms with Crippen LogP contribution in [0.15, 0.2) is 16.8 Å². The lowest BCUT2D eigenvalue weighted by atomic mass is 10.1. The van der Waals surface area contributed by atoms with Gasteiger partial charge in [-0.3, -0.25) is 9.80 Å². The van der Waals surface area contributed by atoms with Gasteiger partial charge in [-0.25, -0.2) is 0 Å². The minimum atomic E-state index is 0.701. The van der Waals surface area contributed by atoms with Crippen molar-refractivity contribution in [3.63, 3.8) is 0 Å². The van der Waals surface area contributed by atoms with Gasteiger partial charge >= 0.3 is 0 Å². The molecule has 94 valence electrons. The fourth-order valence-corrected chi connectivity index (χ4v) is 3.98. The van der Waals surface area contributed by atoms with E-state index in [1.807, 2.05) is 11.3 Å². The van der Waals surface area contributed by atoms with E-state index in [-0.39, 0.29) is 0 Å². The summed E-state index contributed by atoms with van der Waals surface area (Å²) in [7, 11) is 0. The van der Waals surface area contributed by atoms with E-state index in [9.17, 15) is 0 Å². The first-order chi connectivity index (χ1) is 8.33. The Labute approximate surface area is 108 Å². The number of nitrogens with zero attached hydrogens (tertiary/aromatic N) is 2. The molecular weight excluding hydrogens is 228 g/mol. The molecule has 2 saturated heterocycles. The lowest BCUT2D eigenvalue weighted by Gasteiger charge is -2.40. The van der Waals surface area contributed by atoms with Crippen molar-refractivity contribution in [2.75, 3.05) is 26.2 Å². The van der Waals surface area contributed by atoms with Crippen LogP contribution in [0.25, 0.3) is 0 Å². The molecule has 0 amide bonds. The highest BCUT2D eigenvalue weighted by Gasteiger charge is 2.32. The molecule has 1 aromatic rings. The Morgan fingerprint density at radius 1 is 1.41 bits per heavy atom. The van der Waals surface area contributed by atoms with Crippen molar-refractivity contribution in [2.45, 2.75) is 38.3 Å². The van der Waals surface area contributed by atoms with Crippen LogP contribution in [0, 0.1) is 0 Å². The summed E-state index contributed by atoms with van der Waals surface area (Å²) in [6.07, 6.45) is 4.05. The molecule has 0 bridgehead atoms. The van der Waals surface area contributed by atoms with E-state index in [2.05, 4.69) is 33.6 Å². The first-order valence-electron chi connectivity index (χ1n) is 6.82. The lowest BCUT2D eigenvalue weighted by Crippen LogP contribution is -2.53. The average Bonchev–Trinajstić information content (AvgIpc) is 2.97. The van der Waals surface area contributed by atoms with Crippen LogP contribution in [-0.2, 0) is 6.42 Å². The van der Waals surface area contributed by atoms with E-state index in [1.54, 1.807) is 0 Å². The topological polar surface area (TPSA) is 6.48 Å². The van der Waals surface area contributed by atoms with Gasteiger partial charge in [0.1, 0.15) is 0 Å². The van der Waals surface area contributed by atoms with Crippen LogP contribution in [0.2, 0.25) is 0 Å². The molecule has 2 aliphatic heterocycles. The fourth-order valence-electron chi connectivity index (χ4n) is 3.29. The minimum Gasteiger partial charge on any atom is -0.298 e. The number of piperazine rings is 1. The Morgan fingerprint density at radius 3 is 3.18 bits per heavy atom. The Morgan fingerprint density at radius 2 is 2.35 bits per heavy atom. The van der Waals surface area contributed by atoms with Gasteiger partial charge in [0.2, 0.25) is 0 Å².